The number of carbonyl (C=O) groups is 2. The van der Waals surface area contributed by atoms with Crippen LogP contribution in [0.25, 0.3) is 0 Å². The van der Waals surface area contributed by atoms with E-state index in [2.05, 4.69) is 10.0 Å². The van der Waals surface area contributed by atoms with Crippen LogP contribution in [0.2, 0.25) is 0 Å². The van der Waals surface area contributed by atoms with Gasteiger partial charge in [-0.15, -0.1) is 0 Å². The Morgan fingerprint density at radius 3 is 2.18 bits per heavy atom. The van der Waals surface area contributed by atoms with Crippen molar-refractivity contribution < 1.29 is 18.0 Å². The monoisotopic (exact) mass is 402 g/mol. The topological polar surface area (TPSA) is 92.3 Å². The molecule has 0 fully saturated rings. The van der Waals surface area contributed by atoms with Gasteiger partial charge in [-0.05, 0) is 48.6 Å². The van der Waals surface area contributed by atoms with E-state index in [1.54, 1.807) is 37.3 Å². The van der Waals surface area contributed by atoms with Gasteiger partial charge in [-0.25, -0.2) is 13.1 Å². The molecule has 2 N–H and O–H groups in total. The second-order valence-electron chi connectivity index (χ2n) is 7.91. The van der Waals surface area contributed by atoms with Crippen molar-refractivity contribution in [3.05, 3.63) is 65.2 Å². The van der Waals surface area contributed by atoms with Crippen LogP contribution in [0.15, 0.2) is 48.5 Å². The highest BCUT2D eigenvalue weighted by Gasteiger charge is 2.20. The molecule has 2 aromatic rings. The van der Waals surface area contributed by atoms with Gasteiger partial charge in [-0.3, -0.25) is 9.59 Å². The van der Waals surface area contributed by atoms with Crippen molar-refractivity contribution in [3.63, 3.8) is 0 Å². The maximum atomic E-state index is 12.4. The van der Waals surface area contributed by atoms with Crippen LogP contribution in [0.1, 0.15) is 53.5 Å². The smallest absolute Gasteiger partial charge is 0.264 e. The van der Waals surface area contributed by atoms with Gasteiger partial charge in [0, 0.05) is 16.8 Å². The van der Waals surface area contributed by atoms with Crippen molar-refractivity contribution in [2.24, 2.45) is 5.41 Å². The van der Waals surface area contributed by atoms with E-state index in [1.165, 1.54) is 12.1 Å². The van der Waals surface area contributed by atoms with Crippen molar-refractivity contribution in [2.45, 2.75) is 34.1 Å². The normalized spacial score (nSPS) is 11.7. The van der Waals surface area contributed by atoms with Crippen molar-refractivity contribution >= 4 is 27.5 Å². The first-order chi connectivity index (χ1) is 13.0. The minimum atomic E-state index is -3.74. The molecule has 2 rings (SSSR count). The standard InChI is InChI=1S/C21H26N2O4S/c1-15-10-11-17(20(25)23-28(26,27)13-12-21(2,3)4)14-18(15)22-19(24)16-8-6-5-7-9-16/h5-11,14H,12-13H2,1-4H3,(H,22,24)(H,23,25). The van der Waals surface area contributed by atoms with Gasteiger partial charge in [0.1, 0.15) is 0 Å². The van der Waals surface area contributed by atoms with Crippen molar-refractivity contribution in [1.82, 2.24) is 4.72 Å². The Kier molecular flexibility index (Phi) is 6.61. The van der Waals surface area contributed by atoms with Gasteiger partial charge in [0.2, 0.25) is 10.0 Å². The van der Waals surface area contributed by atoms with E-state index in [-0.39, 0.29) is 22.6 Å². The molecule has 0 radical (unpaired) electrons. The van der Waals surface area contributed by atoms with E-state index in [1.807, 2.05) is 26.8 Å². The molecule has 150 valence electrons. The first-order valence-electron chi connectivity index (χ1n) is 8.99. The maximum Gasteiger partial charge on any atom is 0.264 e. The number of sulfonamides is 1. The number of rotatable bonds is 6. The van der Waals surface area contributed by atoms with E-state index >= 15 is 0 Å². The molecular formula is C21H26N2O4S. The molecule has 0 heterocycles. The van der Waals surface area contributed by atoms with E-state index in [4.69, 9.17) is 0 Å². The molecule has 0 aliphatic carbocycles. The molecule has 0 bridgehead atoms. The number of aryl methyl sites for hydroxylation is 1. The first-order valence-corrected chi connectivity index (χ1v) is 10.6. The fraction of sp³-hybridized carbons (Fsp3) is 0.333. The van der Waals surface area contributed by atoms with E-state index in [9.17, 15) is 18.0 Å². The van der Waals surface area contributed by atoms with E-state index < -0.39 is 15.9 Å². The summed E-state index contributed by atoms with van der Waals surface area (Å²) in [6.07, 6.45) is 0.432. The third kappa shape index (κ3) is 6.49. The summed E-state index contributed by atoms with van der Waals surface area (Å²) in [6, 6.07) is 13.4. The molecule has 0 aliphatic rings. The molecule has 0 unspecified atom stereocenters. The predicted octanol–water partition coefficient (Wildman–Crippen LogP) is 3.74. The van der Waals surface area contributed by atoms with Crippen LogP contribution in [0.4, 0.5) is 5.69 Å². The van der Waals surface area contributed by atoms with Crippen molar-refractivity contribution in [2.75, 3.05) is 11.1 Å². The summed E-state index contributed by atoms with van der Waals surface area (Å²) in [4.78, 5) is 24.7. The third-order valence-corrected chi connectivity index (χ3v) is 5.39. The minimum absolute atomic E-state index is 0.133. The molecule has 0 aromatic heterocycles. The Morgan fingerprint density at radius 1 is 0.929 bits per heavy atom. The summed E-state index contributed by atoms with van der Waals surface area (Å²) in [5.74, 6) is -1.16. The Balaban J connectivity index is 2.13. The van der Waals surface area contributed by atoms with Crippen LogP contribution in [0, 0.1) is 12.3 Å². The van der Waals surface area contributed by atoms with Crippen molar-refractivity contribution in [1.29, 1.82) is 0 Å². The van der Waals surface area contributed by atoms with Crippen molar-refractivity contribution in [3.8, 4) is 0 Å². The average Bonchev–Trinajstić information content (AvgIpc) is 2.61. The molecule has 0 spiro atoms. The Bertz CT molecular complexity index is 962. The van der Waals surface area contributed by atoms with Gasteiger partial charge in [0.15, 0.2) is 0 Å². The van der Waals surface area contributed by atoms with Gasteiger partial charge >= 0.3 is 0 Å². The Labute approximate surface area is 166 Å². The fourth-order valence-corrected chi connectivity index (χ4v) is 3.76. The lowest BCUT2D eigenvalue weighted by molar-refractivity contribution is 0.0978. The van der Waals surface area contributed by atoms with E-state index in [0.29, 0.717) is 17.7 Å². The molecule has 2 aromatic carbocycles. The summed E-state index contributed by atoms with van der Waals surface area (Å²) < 4.78 is 26.4. The average molecular weight is 403 g/mol. The van der Waals surface area contributed by atoms with Crippen LogP contribution in [0.3, 0.4) is 0 Å². The van der Waals surface area contributed by atoms with Crippen LogP contribution in [0.5, 0.6) is 0 Å². The number of carbonyl (C=O) groups excluding carboxylic acids is 2. The quantitative estimate of drug-likeness (QED) is 0.770. The summed E-state index contributed by atoms with van der Waals surface area (Å²) in [5, 5.41) is 2.76. The lowest BCUT2D eigenvalue weighted by Gasteiger charge is -2.18. The molecule has 0 saturated heterocycles. The molecule has 0 atom stereocenters. The third-order valence-electron chi connectivity index (χ3n) is 4.15. The highest BCUT2D eigenvalue weighted by molar-refractivity contribution is 7.90. The highest BCUT2D eigenvalue weighted by atomic mass is 32.2. The molecule has 2 amide bonds. The predicted molar refractivity (Wildman–Crippen MR) is 111 cm³/mol. The van der Waals surface area contributed by atoms with Gasteiger partial charge in [-0.1, -0.05) is 45.0 Å². The molecule has 0 saturated carbocycles. The Morgan fingerprint density at radius 2 is 1.57 bits per heavy atom. The zero-order chi connectivity index (χ0) is 20.9. The van der Waals surface area contributed by atoms with Gasteiger partial charge in [0.25, 0.3) is 11.8 Å². The summed E-state index contributed by atoms with van der Waals surface area (Å²) >= 11 is 0. The Hall–Kier alpha value is -2.67. The molecule has 28 heavy (non-hydrogen) atoms. The van der Waals surface area contributed by atoms with Crippen LogP contribution >= 0.6 is 0 Å². The number of benzene rings is 2. The number of anilines is 1. The molecule has 6 nitrogen and oxygen atoms in total. The largest absolute Gasteiger partial charge is 0.322 e. The summed E-state index contributed by atoms with van der Waals surface area (Å²) in [7, 11) is -3.74. The summed E-state index contributed by atoms with van der Waals surface area (Å²) in [6.45, 7) is 7.60. The van der Waals surface area contributed by atoms with Gasteiger partial charge < -0.3 is 5.32 Å². The SMILES string of the molecule is Cc1ccc(C(=O)NS(=O)(=O)CCC(C)(C)C)cc1NC(=O)c1ccccc1. The van der Waals surface area contributed by atoms with Crippen LogP contribution in [-0.2, 0) is 10.0 Å². The molecular weight excluding hydrogens is 376 g/mol. The summed E-state index contributed by atoms with van der Waals surface area (Å²) in [5.41, 5.74) is 1.70. The van der Waals surface area contributed by atoms with Gasteiger partial charge in [0.05, 0.1) is 5.75 Å². The number of amides is 2. The number of hydrogen-bond acceptors (Lipinski definition) is 4. The van der Waals surface area contributed by atoms with Gasteiger partial charge in [-0.2, -0.15) is 0 Å². The zero-order valence-electron chi connectivity index (χ0n) is 16.6. The second-order valence-corrected chi connectivity index (χ2v) is 9.75. The molecule has 0 aliphatic heterocycles. The van der Waals surface area contributed by atoms with Crippen LogP contribution in [-0.4, -0.2) is 26.0 Å². The zero-order valence-corrected chi connectivity index (χ0v) is 17.4. The first kappa shape index (κ1) is 21.6. The lowest BCUT2D eigenvalue weighted by atomic mass is 9.94. The van der Waals surface area contributed by atoms with E-state index in [0.717, 1.165) is 5.56 Å². The van der Waals surface area contributed by atoms with Crippen LogP contribution < -0.4 is 10.0 Å². The maximum absolute atomic E-state index is 12.4. The lowest BCUT2D eigenvalue weighted by Crippen LogP contribution is -2.33. The second kappa shape index (κ2) is 8.56. The fourth-order valence-electron chi connectivity index (χ4n) is 2.37. The number of hydrogen-bond donors (Lipinski definition) is 2. The molecule has 7 heteroatoms. The number of nitrogens with one attached hydrogen (secondary N) is 2. The minimum Gasteiger partial charge on any atom is -0.322 e. The highest BCUT2D eigenvalue weighted by Crippen LogP contribution is 2.20.